The molecule has 2 aromatic carbocycles. The van der Waals surface area contributed by atoms with Crippen molar-refractivity contribution in [1.29, 1.82) is 0 Å². The summed E-state index contributed by atoms with van der Waals surface area (Å²) in [5, 5.41) is 0.425. The molecule has 2 aromatic rings. The van der Waals surface area contributed by atoms with Gasteiger partial charge in [-0.3, -0.25) is 4.79 Å². The SMILES string of the molecule is Cc1ccc(S(=O)(=O)NC(=O)c2ccc(Cl)cc2Cl)c(Br)c1. The highest BCUT2D eigenvalue weighted by atomic mass is 79.9. The van der Waals surface area contributed by atoms with Crippen molar-refractivity contribution < 1.29 is 13.2 Å². The number of benzene rings is 2. The molecule has 0 aliphatic rings. The van der Waals surface area contributed by atoms with E-state index < -0.39 is 15.9 Å². The van der Waals surface area contributed by atoms with E-state index in [-0.39, 0.29) is 15.5 Å². The van der Waals surface area contributed by atoms with Gasteiger partial charge in [0, 0.05) is 9.50 Å². The first-order chi connectivity index (χ1) is 10.2. The smallest absolute Gasteiger partial charge is 0.266 e. The van der Waals surface area contributed by atoms with Crippen LogP contribution in [-0.4, -0.2) is 14.3 Å². The monoisotopic (exact) mass is 421 g/mol. The highest BCUT2D eigenvalue weighted by molar-refractivity contribution is 9.10. The van der Waals surface area contributed by atoms with Crippen molar-refractivity contribution >= 4 is 55.1 Å². The molecule has 0 fully saturated rings. The predicted octanol–water partition coefficient (Wildman–Crippen LogP) is 4.18. The molecule has 0 aliphatic carbocycles. The summed E-state index contributed by atoms with van der Waals surface area (Å²) in [6.45, 7) is 1.83. The third-order valence-corrected chi connectivity index (χ3v) is 5.64. The second-order valence-corrected chi connectivity index (χ2v) is 7.84. The van der Waals surface area contributed by atoms with E-state index in [0.717, 1.165) is 5.56 Å². The number of rotatable bonds is 3. The summed E-state index contributed by atoms with van der Waals surface area (Å²) >= 11 is 14.8. The molecule has 116 valence electrons. The number of carbonyl (C=O) groups excluding carboxylic acids is 1. The standard InChI is InChI=1S/C14H10BrCl2NO3S/c1-8-2-5-13(11(15)6-8)22(20,21)18-14(19)10-4-3-9(16)7-12(10)17/h2-7H,1H3,(H,18,19). The number of sulfonamides is 1. The molecule has 0 bridgehead atoms. The Labute approximate surface area is 146 Å². The van der Waals surface area contributed by atoms with Gasteiger partial charge in [-0.25, -0.2) is 13.1 Å². The van der Waals surface area contributed by atoms with Crippen LogP contribution in [0.3, 0.4) is 0 Å². The van der Waals surface area contributed by atoms with Crippen molar-refractivity contribution in [3.8, 4) is 0 Å². The second kappa shape index (κ2) is 6.58. The molecule has 0 aromatic heterocycles. The Morgan fingerprint density at radius 1 is 1.14 bits per heavy atom. The van der Waals surface area contributed by atoms with Crippen molar-refractivity contribution in [1.82, 2.24) is 4.72 Å². The Bertz CT molecular complexity index is 853. The number of hydrogen-bond donors (Lipinski definition) is 1. The lowest BCUT2D eigenvalue weighted by atomic mass is 10.2. The zero-order valence-corrected chi connectivity index (χ0v) is 15.1. The fourth-order valence-electron chi connectivity index (χ4n) is 1.73. The first-order valence-corrected chi connectivity index (χ1v) is 9.02. The summed E-state index contributed by atoms with van der Waals surface area (Å²) in [6.07, 6.45) is 0. The largest absolute Gasteiger partial charge is 0.268 e. The highest BCUT2D eigenvalue weighted by Crippen LogP contribution is 2.24. The quantitative estimate of drug-likeness (QED) is 0.806. The van der Waals surface area contributed by atoms with Crippen LogP contribution < -0.4 is 4.72 Å². The Kier molecular flexibility index (Phi) is 5.17. The van der Waals surface area contributed by atoms with E-state index in [9.17, 15) is 13.2 Å². The van der Waals surface area contributed by atoms with E-state index in [1.54, 1.807) is 12.1 Å². The van der Waals surface area contributed by atoms with E-state index >= 15 is 0 Å². The van der Waals surface area contributed by atoms with Gasteiger partial charge in [0.05, 0.1) is 10.6 Å². The van der Waals surface area contributed by atoms with Gasteiger partial charge in [-0.1, -0.05) is 29.3 Å². The zero-order chi connectivity index (χ0) is 16.5. The lowest BCUT2D eigenvalue weighted by Gasteiger charge is -2.10. The normalized spacial score (nSPS) is 11.3. The third-order valence-electron chi connectivity index (χ3n) is 2.78. The number of nitrogens with one attached hydrogen (secondary N) is 1. The first kappa shape index (κ1) is 17.3. The fraction of sp³-hybridized carbons (Fsp3) is 0.0714. The van der Waals surface area contributed by atoms with Crippen molar-refractivity contribution in [2.45, 2.75) is 11.8 Å². The molecule has 0 saturated heterocycles. The van der Waals surface area contributed by atoms with Gasteiger partial charge in [0.1, 0.15) is 4.90 Å². The lowest BCUT2D eigenvalue weighted by molar-refractivity contribution is 0.0981. The number of amides is 1. The maximum atomic E-state index is 12.3. The average Bonchev–Trinajstić information content (AvgIpc) is 2.37. The maximum absolute atomic E-state index is 12.3. The fourth-order valence-corrected chi connectivity index (χ4v) is 4.38. The molecule has 0 aliphatic heterocycles. The van der Waals surface area contributed by atoms with Gasteiger partial charge in [0.15, 0.2) is 0 Å². The molecule has 2 rings (SSSR count). The van der Waals surface area contributed by atoms with Crippen LogP contribution >= 0.6 is 39.1 Å². The van der Waals surface area contributed by atoms with Crippen LogP contribution in [0.2, 0.25) is 10.0 Å². The van der Waals surface area contributed by atoms with Crippen molar-refractivity contribution in [2.75, 3.05) is 0 Å². The van der Waals surface area contributed by atoms with E-state index in [0.29, 0.717) is 9.50 Å². The molecule has 8 heteroatoms. The molecular formula is C14H10BrCl2NO3S. The molecule has 0 atom stereocenters. The number of carbonyl (C=O) groups is 1. The molecule has 0 unspecified atom stereocenters. The zero-order valence-electron chi connectivity index (χ0n) is 11.2. The van der Waals surface area contributed by atoms with Crippen molar-refractivity contribution in [3.05, 3.63) is 62.0 Å². The van der Waals surface area contributed by atoms with Gasteiger partial charge in [-0.05, 0) is 58.7 Å². The van der Waals surface area contributed by atoms with Gasteiger partial charge >= 0.3 is 0 Å². The summed E-state index contributed by atoms with van der Waals surface area (Å²) in [4.78, 5) is 12.1. The molecule has 1 N–H and O–H groups in total. The van der Waals surface area contributed by atoms with Crippen molar-refractivity contribution in [2.24, 2.45) is 0 Å². The molecule has 0 spiro atoms. The Hall–Kier alpha value is -1.08. The summed E-state index contributed by atoms with van der Waals surface area (Å²) in [6, 6.07) is 8.88. The summed E-state index contributed by atoms with van der Waals surface area (Å²) in [5.41, 5.74) is 0.913. The molecular weight excluding hydrogens is 413 g/mol. The minimum atomic E-state index is -4.02. The topological polar surface area (TPSA) is 63.2 Å². The van der Waals surface area contributed by atoms with Crippen molar-refractivity contribution in [3.63, 3.8) is 0 Å². The lowest BCUT2D eigenvalue weighted by Crippen LogP contribution is -2.31. The first-order valence-electron chi connectivity index (χ1n) is 5.99. The molecule has 22 heavy (non-hydrogen) atoms. The van der Waals surface area contributed by atoms with Crippen LogP contribution in [0.5, 0.6) is 0 Å². The minimum absolute atomic E-state index is 0.0258. The Morgan fingerprint density at radius 3 is 2.41 bits per heavy atom. The predicted molar refractivity (Wildman–Crippen MR) is 90.0 cm³/mol. The van der Waals surface area contributed by atoms with Crippen LogP contribution in [0.1, 0.15) is 15.9 Å². The molecule has 0 saturated carbocycles. The molecule has 0 radical (unpaired) electrons. The molecule has 4 nitrogen and oxygen atoms in total. The highest BCUT2D eigenvalue weighted by Gasteiger charge is 2.22. The number of hydrogen-bond acceptors (Lipinski definition) is 3. The summed E-state index contributed by atoms with van der Waals surface area (Å²) in [5.74, 6) is -0.825. The summed E-state index contributed by atoms with van der Waals surface area (Å²) in [7, 11) is -4.02. The van der Waals surface area contributed by atoms with E-state index in [2.05, 4.69) is 15.9 Å². The summed E-state index contributed by atoms with van der Waals surface area (Å²) < 4.78 is 26.9. The Balaban J connectivity index is 2.34. The minimum Gasteiger partial charge on any atom is -0.268 e. The van der Waals surface area contributed by atoms with Crippen LogP contribution in [0.15, 0.2) is 45.8 Å². The van der Waals surface area contributed by atoms with Crippen LogP contribution in [0, 0.1) is 6.92 Å². The Morgan fingerprint density at radius 2 is 1.82 bits per heavy atom. The van der Waals surface area contributed by atoms with Crippen LogP contribution in [-0.2, 0) is 10.0 Å². The van der Waals surface area contributed by atoms with Gasteiger partial charge in [0.25, 0.3) is 15.9 Å². The third kappa shape index (κ3) is 3.81. The van der Waals surface area contributed by atoms with E-state index in [1.807, 2.05) is 11.6 Å². The van der Waals surface area contributed by atoms with Gasteiger partial charge in [-0.15, -0.1) is 0 Å². The van der Waals surface area contributed by atoms with E-state index in [4.69, 9.17) is 23.2 Å². The van der Waals surface area contributed by atoms with Gasteiger partial charge < -0.3 is 0 Å². The van der Waals surface area contributed by atoms with Gasteiger partial charge in [0.2, 0.25) is 0 Å². The number of aryl methyl sites for hydroxylation is 1. The van der Waals surface area contributed by atoms with Gasteiger partial charge in [-0.2, -0.15) is 0 Å². The molecule has 0 heterocycles. The maximum Gasteiger partial charge on any atom is 0.266 e. The average molecular weight is 423 g/mol. The van der Waals surface area contributed by atoms with Crippen LogP contribution in [0.4, 0.5) is 0 Å². The van der Waals surface area contributed by atoms with Crippen LogP contribution in [0.25, 0.3) is 0 Å². The second-order valence-electron chi connectivity index (χ2n) is 4.49. The number of halogens is 3. The van der Waals surface area contributed by atoms with E-state index in [1.165, 1.54) is 24.3 Å². The molecule has 1 amide bonds.